The third-order valence-electron chi connectivity index (χ3n) is 5.09. The number of imidazole rings is 1. The monoisotopic (exact) mass is 502 g/mol. The molecule has 1 unspecified atom stereocenters. The molecule has 0 saturated heterocycles. The van der Waals surface area contributed by atoms with Gasteiger partial charge in [0.2, 0.25) is 0 Å². The van der Waals surface area contributed by atoms with E-state index >= 15 is 0 Å². The van der Waals surface area contributed by atoms with Crippen LogP contribution in [0.3, 0.4) is 0 Å². The number of carbonyl (C=O) groups is 2. The quantitative estimate of drug-likeness (QED) is 0.236. The van der Waals surface area contributed by atoms with Gasteiger partial charge in [-0.15, -0.1) is 0 Å². The molecule has 1 aromatic heterocycles. The van der Waals surface area contributed by atoms with E-state index < -0.39 is 23.1 Å². The molecule has 34 heavy (non-hydrogen) atoms. The Morgan fingerprint density at radius 3 is 2.53 bits per heavy atom. The fraction of sp³-hybridized carbons (Fsp3) is 0.292. The Bertz CT molecular complexity index is 1180. The molecular formula is C24H25ClN3O5S-. The van der Waals surface area contributed by atoms with E-state index in [0.717, 1.165) is 17.5 Å². The van der Waals surface area contributed by atoms with Crippen molar-refractivity contribution in [2.75, 3.05) is 13.2 Å². The lowest BCUT2D eigenvalue weighted by Crippen LogP contribution is -2.34. The Morgan fingerprint density at radius 2 is 1.88 bits per heavy atom. The predicted molar refractivity (Wildman–Crippen MR) is 128 cm³/mol. The average molecular weight is 503 g/mol. The molecule has 0 N–H and O–H groups in total. The number of unbranched alkanes of at least 4 members (excludes halogenated alkanes) is 1. The molecule has 0 radical (unpaired) electrons. The molecule has 2 aromatic carbocycles. The van der Waals surface area contributed by atoms with Crippen molar-refractivity contribution in [3.63, 3.8) is 0 Å². The number of halogens is 1. The maximum atomic E-state index is 12.8. The van der Waals surface area contributed by atoms with Gasteiger partial charge >= 0.3 is 5.97 Å². The van der Waals surface area contributed by atoms with E-state index in [1.165, 1.54) is 13.1 Å². The second-order valence-corrected chi connectivity index (χ2v) is 8.95. The summed E-state index contributed by atoms with van der Waals surface area (Å²) in [6, 6.07) is 15.7. The number of hydrogen-bond donors (Lipinski definition) is 0. The van der Waals surface area contributed by atoms with Crippen molar-refractivity contribution in [3.8, 4) is 5.69 Å². The van der Waals surface area contributed by atoms with Crippen LogP contribution >= 0.6 is 11.6 Å². The highest BCUT2D eigenvalue weighted by Crippen LogP contribution is 2.25. The summed E-state index contributed by atoms with van der Waals surface area (Å²) in [5.74, 6) is -0.653. The van der Waals surface area contributed by atoms with Gasteiger partial charge in [0.1, 0.15) is 11.5 Å². The largest absolute Gasteiger partial charge is 0.755 e. The molecule has 0 aliphatic heterocycles. The molecule has 0 spiro atoms. The number of amides is 1. The molecule has 0 fully saturated rings. The molecule has 3 rings (SSSR count). The van der Waals surface area contributed by atoms with Crippen LogP contribution in [0.4, 0.5) is 0 Å². The standard InChI is InChI=1S/C24H26ClN3O5S/c1-17-26-22(24(30)28(34(31)32)12-6-7-13-33-18(2)29)16-27(17)23-11-10-20(15-21(23)25)14-19-8-4-3-5-9-19/h3-5,8-11,15-16H,6-7,12-14H2,1-2H3,(H,31,32)/p-1. The van der Waals surface area contributed by atoms with Gasteiger partial charge in [0, 0.05) is 19.7 Å². The fourth-order valence-electron chi connectivity index (χ4n) is 3.45. The predicted octanol–water partition coefficient (Wildman–Crippen LogP) is 4.00. The highest BCUT2D eigenvalue weighted by Gasteiger charge is 2.21. The number of aryl methyl sites for hydroxylation is 1. The third kappa shape index (κ3) is 6.75. The molecule has 0 bridgehead atoms. The van der Waals surface area contributed by atoms with Crippen LogP contribution in [-0.4, -0.2) is 47.6 Å². The highest BCUT2D eigenvalue weighted by atomic mass is 35.5. The minimum Gasteiger partial charge on any atom is -0.755 e. The number of aromatic nitrogens is 2. The Balaban J connectivity index is 1.73. The van der Waals surface area contributed by atoms with Crippen molar-refractivity contribution in [2.24, 2.45) is 0 Å². The van der Waals surface area contributed by atoms with Gasteiger partial charge in [-0.3, -0.25) is 18.1 Å². The van der Waals surface area contributed by atoms with E-state index in [2.05, 4.69) is 4.98 Å². The summed E-state index contributed by atoms with van der Waals surface area (Å²) < 4.78 is 30.5. The lowest BCUT2D eigenvalue weighted by atomic mass is 10.0. The molecule has 10 heteroatoms. The number of ether oxygens (including phenoxy) is 1. The Hall–Kier alpha value is -3.01. The Labute approximate surface area is 205 Å². The van der Waals surface area contributed by atoms with Gasteiger partial charge in [-0.2, -0.15) is 0 Å². The van der Waals surface area contributed by atoms with Gasteiger partial charge in [-0.05, 0) is 49.4 Å². The van der Waals surface area contributed by atoms with Crippen LogP contribution in [0.5, 0.6) is 0 Å². The smallest absolute Gasteiger partial charge is 0.302 e. The molecule has 1 heterocycles. The van der Waals surface area contributed by atoms with E-state index in [9.17, 15) is 18.4 Å². The zero-order chi connectivity index (χ0) is 24.7. The number of benzene rings is 2. The molecule has 180 valence electrons. The van der Waals surface area contributed by atoms with Crippen LogP contribution in [0.15, 0.2) is 54.7 Å². The SMILES string of the molecule is CC(=O)OCCCCN(C(=O)c1cn(-c2ccc(Cc3ccccc3)cc2Cl)c(C)n1)S(=O)[O-]. The zero-order valence-corrected chi connectivity index (χ0v) is 20.5. The third-order valence-corrected chi connectivity index (χ3v) is 6.10. The van der Waals surface area contributed by atoms with Crippen molar-refractivity contribution >= 4 is 34.7 Å². The molecule has 0 saturated carbocycles. The first-order chi connectivity index (χ1) is 16.3. The first-order valence-corrected chi connectivity index (χ1v) is 12.1. The maximum absolute atomic E-state index is 12.8. The lowest BCUT2D eigenvalue weighted by Gasteiger charge is -2.23. The summed E-state index contributed by atoms with van der Waals surface area (Å²) >= 11 is 3.78. The van der Waals surface area contributed by atoms with E-state index in [4.69, 9.17) is 16.3 Å². The summed E-state index contributed by atoms with van der Waals surface area (Å²) in [4.78, 5) is 27.9. The minimum atomic E-state index is -2.77. The second kappa shape index (κ2) is 11.9. The molecule has 8 nitrogen and oxygen atoms in total. The molecule has 0 aliphatic rings. The van der Waals surface area contributed by atoms with Gasteiger partial charge in [0.05, 0.1) is 28.6 Å². The molecule has 1 amide bonds. The Morgan fingerprint density at radius 1 is 1.15 bits per heavy atom. The zero-order valence-electron chi connectivity index (χ0n) is 18.9. The van der Waals surface area contributed by atoms with E-state index in [1.54, 1.807) is 11.5 Å². The minimum absolute atomic E-state index is 0.00823. The fourth-order valence-corrected chi connectivity index (χ4v) is 4.25. The van der Waals surface area contributed by atoms with Crippen molar-refractivity contribution in [1.82, 2.24) is 13.9 Å². The number of esters is 1. The number of rotatable bonds is 10. The van der Waals surface area contributed by atoms with E-state index in [0.29, 0.717) is 33.7 Å². The van der Waals surface area contributed by atoms with Crippen molar-refractivity contribution in [2.45, 2.75) is 33.1 Å². The topological polar surface area (TPSA) is 105 Å². The first kappa shape index (κ1) is 25.6. The second-order valence-electron chi connectivity index (χ2n) is 7.66. The number of hydrogen-bond acceptors (Lipinski definition) is 6. The van der Waals surface area contributed by atoms with Crippen molar-refractivity contribution in [3.05, 3.63) is 82.4 Å². The van der Waals surface area contributed by atoms with E-state index in [-0.39, 0.29) is 18.8 Å². The number of carbonyl (C=O) groups excluding carboxylic acids is 2. The average Bonchev–Trinajstić information content (AvgIpc) is 3.17. The first-order valence-electron chi connectivity index (χ1n) is 10.7. The van der Waals surface area contributed by atoms with Gasteiger partial charge in [0.25, 0.3) is 5.91 Å². The van der Waals surface area contributed by atoms with Gasteiger partial charge < -0.3 is 13.9 Å². The van der Waals surface area contributed by atoms with Gasteiger partial charge in [-0.1, -0.05) is 48.0 Å². The summed E-state index contributed by atoms with van der Waals surface area (Å²) in [5, 5.41) is 0.489. The number of nitrogens with zero attached hydrogens (tertiary/aromatic N) is 3. The van der Waals surface area contributed by atoms with Crippen LogP contribution in [0.1, 0.15) is 47.2 Å². The van der Waals surface area contributed by atoms with Gasteiger partial charge in [0.15, 0.2) is 0 Å². The maximum Gasteiger partial charge on any atom is 0.302 e. The van der Waals surface area contributed by atoms with Crippen LogP contribution in [-0.2, 0) is 27.2 Å². The summed E-state index contributed by atoms with van der Waals surface area (Å²) in [5.41, 5.74) is 2.83. The highest BCUT2D eigenvalue weighted by molar-refractivity contribution is 7.77. The van der Waals surface area contributed by atoms with E-state index in [1.807, 2.05) is 48.5 Å². The summed E-state index contributed by atoms with van der Waals surface area (Å²) in [7, 11) is 0. The van der Waals surface area contributed by atoms with Crippen LogP contribution in [0.25, 0.3) is 5.69 Å². The molecule has 3 aromatic rings. The van der Waals surface area contributed by atoms with Crippen molar-refractivity contribution in [1.29, 1.82) is 0 Å². The van der Waals surface area contributed by atoms with Crippen LogP contribution in [0, 0.1) is 6.92 Å². The van der Waals surface area contributed by atoms with Crippen LogP contribution < -0.4 is 0 Å². The molecule has 0 aliphatic carbocycles. The van der Waals surface area contributed by atoms with Gasteiger partial charge in [-0.25, -0.2) is 4.98 Å². The summed E-state index contributed by atoms with van der Waals surface area (Å²) in [6.07, 6.45) is 2.99. The Kier molecular flexibility index (Phi) is 8.98. The van der Waals surface area contributed by atoms with Crippen LogP contribution in [0.2, 0.25) is 5.02 Å². The molecule has 1 atom stereocenters. The lowest BCUT2D eigenvalue weighted by molar-refractivity contribution is -0.141. The normalized spacial score (nSPS) is 11.8. The van der Waals surface area contributed by atoms with Crippen molar-refractivity contribution < 1.29 is 23.1 Å². The molecular weight excluding hydrogens is 478 g/mol. The summed E-state index contributed by atoms with van der Waals surface area (Å²) in [6.45, 7) is 3.12.